The van der Waals surface area contributed by atoms with E-state index in [-0.39, 0.29) is 17.5 Å². The minimum atomic E-state index is -0.745. The Bertz CT molecular complexity index is 878. The normalized spacial score (nSPS) is 20.9. The molecular weight excluding hydrogens is 372 g/mol. The third-order valence-corrected chi connectivity index (χ3v) is 5.36. The van der Waals surface area contributed by atoms with E-state index in [2.05, 4.69) is 10.2 Å². The molecule has 8 nitrogen and oxygen atoms in total. The summed E-state index contributed by atoms with van der Waals surface area (Å²) in [5.74, 6) is -0.824. The number of halogens is 1. The Hall–Kier alpha value is -2.29. The van der Waals surface area contributed by atoms with Gasteiger partial charge in [0.25, 0.3) is 5.91 Å². The molecule has 3 heterocycles. The number of morpholine rings is 1. The minimum absolute atomic E-state index is 0.0791. The van der Waals surface area contributed by atoms with Gasteiger partial charge in [0.2, 0.25) is 5.76 Å². The molecule has 2 fully saturated rings. The van der Waals surface area contributed by atoms with Crippen molar-refractivity contribution < 1.29 is 18.7 Å². The molecule has 3 amide bonds. The van der Waals surface area contributed by atoms with E-state index in [9.17, 15) is 9.59 Å². The van der Waals surface area contributed by atoms with Crippen LogP contribution in [0, 0.1) is 0 Å². The van der Waals surface area contributed by atoms with Gasteiger partial charge in [0, 0.05) is 48.7 Å². The van der Waals surface area contributed by atoms with E-state index in [1.807, 2.05) is 0 Å². The molecule has 144 valence electrons. The zero-order valence-corrected chi connectivity index (χ0v) is 15.5. The SMILES string of the molecule is NC(=O)c1oc2cc(Cl)ccc2c1NC(=O)N1CC[C@@H](N2CCOCC2)C1. The summed E-state index contributed by atoms with van der Waals surface area (Å²) in [6.45, 7) is 4.53. The summed E-state index contributed by atoms with van der Waals surface area (Å²) >= 11 is 5.97. The summed E-state index contributed by atoms with van der Waals surface area (Å²) in [4.78, 5) is 28.6. The molecule has 4 rings (SSSR count). The number of amides is 3. The molecule has 0 bridgehead atoms. The van der Waals surface area contributed by atoms with Crippen LogP contribution in [0.5, 0.6) is 0 Å². The molecule has 0 saturated carbocycles. The molecule has 9 heteroatoms. The van der Waals surface area contributed by atoms with E-state index in [1.165, 1.54) is 0 Å². The first-order valence-corrected chi connectivity index (χ1v) is 9.30. The molecule has 2 aromatic rings. The molecule has 0 unspecified atom stereocenters. The topological polar surface area (TPSA) is 101 Å². The largest absolute Gasteiger partial charge is 0.449 e. The van der Waals surface area contributed by atoms with Crippen molar-refractivity contribution in [3.05, 3.63) is 29.0 Å². The Morgan fingerprint density at radius 3 is 2.74 bits per heavy atom. The van der Waals surface area contributed by atoms with Crippen LogP contribution in [0.15, 0.2) is 22.6 Å². The number of ether oxygens (including phenoxy) is 1. The fraction of sp³-hybridized carbons (Fsp3) is 0.444. The fourth-order valence-corrected chi connectivity index (χ4v) is 3.88. The van der Waals surface area contributed by atoms with Gasteiger partial charge in [-0.2, -0.15) is 0 Å². The lowest BCUT2D eigenvalue weighted by Crippen LogP contribution is -2.45. The van der Waals surface area contributed by atoms with Gasteiger partial charge in [-0.05, 0) is 18.6 Å². The molecule has 0 radical (unpaired) electrons. The number of anilines is 1. The van der Waals surface area contributed by atoms with E-state index in [4.69, 9.17) is 26.5 Å². The lowest BCUT2D eigenvalue weighted by Gasteiger charge is -2.32. The van der Waals surface area contributed by atoms with Gasteiger partial charge in [0.05, 0.1) is 13.2 Å². The van der Waals surface area contributed by atoms with Crippen LogP contribution in [0.25, 0.3) is 11.0 Å². The third-order valence-electron chi connectivity index (χ3n) is 5.12. The van der Waals surface area contributed by atoms with Crippen molar-refractivity contribution in [2.75, 3.05) is 44.7 Å². The molecule has 0 spiro atoms. The maximum absolute atomic E-state index is 12.8. The summed E-state index contributed by atoms with van der Waals surface area (Å²) < 4.78 is 10.9. The van der Waals surface area contributed by atoms with Crippen molar-refractivity contribution in [3.63, 3.8) is 0 Å². The maximum atomic E-state index is 12.8. The number of nitrogens with zero attached hydrogens (tertiary/aromatic N) is 2. The predicted octanol–water partition coefficient (Wildman–Crippen LogP) is 2.12. The van der Waals surface area contributed by atoms with E-state index >= 15 is 0 Å². The lowest BCUT2D eigenvalue weighted by molar-refractivity contribution is 0.0192. The standard InChI is InChI=1S/C18H21ClN4O4/c19-11-1-2-13-14(9-11)27-16(17(20)24)15(13)21-18(25)23-4-3-12(10-23)22-5-7-26-8-6-22/h1-2,9,12H,3-8,10H2,(H2,20,24)(H,21,25)/t12-/m1/s1. The smallest absolute Gasteiger partial charge is 0.322 e. The van der Waals surface area contributed by atoms with Crippen molar-refractivity contribution in [1.29, 1.82) is 0 Å². The molecule has 27 heavy (non-hydrogen) atoms. The highest BCUT2D eigenvalue weighted by Crippen LogP contribution is 2.33. The van der Waals surface area contributed by atoms with Gasteiger partial charge in [0.15, 0.2) is 0 Å². The van der Waals surface area contributed by atoms with Gasteiger partial charge in [-0.15, -0.1) is 0 Å². The lowest BCUT2D eigenvalue weighted by atomic mass is 10.2. The number of fused-ring (bicyclic) bond motifs is 1. The number of rotatable bonds is 3. The number of nitrogens with one attached hydrogen (secondary N) is 1. The van der Waals surface area contributed by atoms with E-state index < -0.39 is 5.91 Å². The number of benzene rings is 1. The Morgan fingerprint density at radius 2 is 2.00 bits per heavy atom. The average molecular weight is 393 g/mol. The molecule has 2 aliphatic heterocycles. The molecular formula is C18H21ClN4O4. The maximum Gasteiger partial charge on any atom is 0.322 e. The number of hydrogen-bond donors (Lipinski definition) is 2. The number of nitrogens with two attached hydrogens (primary N) is 1. The molecule has 2 aliphatic rings. The number of likely N-dealkylation sites (tertiary alicyclic amines) is 1. The van der Waals surface area contributed by atoms with E-state index in [1.54, 1.807) is 23.1 Å². The highest BCUT2D eigenvalue weighted by atomic mass is 35.5. The van der Waals surface area contributed by atoms with Gasteiger partial charge in [0.1, 0.15) is 11.3 Å². The van der Waals surface area contributed by atoms with Crippen LogP contribution in [0.3, 0.4) is 0 Å². The predicted molar refractivity (Wildman–Crippen MR) is 101 cm³/mol. The van der Waals surface area contributed by atoms with Crippen LogP contribution in [0.4, 0.5) is 10.5 Å². The molecule has 0 aliphatic carbocycles. The van der Waals surface area contributed by atoms with Gasteiger partial charge in [-0.3, -0.25) is 9.69 Å². The monoisotopic (exact) mass is 392 g/mol. The Balaban J connectivity index is 1.51. The van der Waals surface area contributed by atoms with Crippen molar-refractivity contribution in [1.82, 2.24) is 9.80 Å². The zero-order valence-electron chi connectivity index (χ0n) is 14.7. The summed E-state index contributed by atoms with van der Waals surface area (Å²) in [6.07, 6.45) is 0.915. The molecule has 1 atom stereocenters. The Kier molecular flexibility index (Phi) is 4.94. The van der Waals surface area contributed by atoms with Crippen LogP contribution in [0.2, 0.25) is 5.02 Å². The number of carbonyl (C=O) groups excluding carboxylic acids is 2. The summed E-state index contributed by atoms with van der Waals surface area (Å²) in [7, 11) is 0. The number of carbonyl (C=O) groups is 2. The first-order chi connectivity index (χ1) is 13.0. The molecule has 2 saturated heterocycles. The van der Waals surface area contributed by atoms with Gasteiger partial charge in [-0.25, -0.2) is 4.79 Å². The van der Waals surface area contributed by atoms with Crippen LogP contribution in [-0.4, -0.2) is 67.2 Å². The summed E-state index contributed by atoms with van der Waals surface area (Å²) in [5, 5.41) is 3.86. The van der Waals surface area contributed by atoms with E-state index in [0.29, 0.717) is 35.1 Å². The quantitative estimate of drug-likeness (QED) is 0.833. The Labute approximate surface area is 161 Å². The highest BCUT2D eigenvalue weighted by molar-refractivity contribution is 6.31. The third kappa shape index (κ3) is 3.60. The van der Waals surface area contributed by atoms with Gasteiger partial charge < -0.3 is 25.1 Å². The second-order valence-electron chi connectivity index (χ2n) is 6.78. The van der Waals surface area contributed by atoms with Gasteiger partial charge >= 0.3 is 6.03 Å². The summed E-state index contributed by atoms with van der Waals surface area (Å²) in [5.41, 5.74) is 6.10. The number of furan rings is 1. The molecule has 1 aromatic carbocycles. The van der Waals surface area contributed by atoms with E-state index in [0.717, 1.165) is 32.7 Å². The van der Waals surface area contributed by atoms with Crippen LogP contribution >= 0.6 is 11.6 Å². The number of urea groups is 1. The van der Waals surface area contributed by atoms with Crippen LogP contribution in [0.1, 0.15) is 17.0 Å². The Morgan fingerprint density at radius 1 is 1.22 bits per heavy atom. The van der Waals surface area contributed by atoms with Crippen molar-refractivity contribution in [2.24, 2.45) is 5.73 Å². The number of primary amides is 1. The average Bonchev–Trinajstić information content (AvgIpc) is 3.28. The highest BCUT2D eigenvalue weighted by Gasteiger charge is 2.32. The second kappa shape index (κ2) is 7.38. The number of hydrogen-bond acceptors (Lipinski definition) is 5. The van der Waals surface area contributed by atoms with Crippen LogP contribution < -0.4 is 11.1 Å². The van der Waals surface area contributed by atoms with Crippen molar-refractivity contribution in [3.8, 4) is 0 Å². The van der Waals surface area contributed by atoms with Crippen LogP contribution in [-0.2, 0) is 4.74 Å². The minimum Gasteiger partial charge on any atom is -0.449 e. The van der Waals surface area contributed by atoms with Gasteiger partial charge in [-0.1, -0.05) is 11.6 Å². The van der Waals surface area contributed by atoms with Crippen molar-refractivity contribution in [2.45, 2.75) is 12.5 Å². The molecule has 1 aromatic heterocycles. The fourth-order valence-electron chi connectivity index (χ4n) is 3.72. The second-order valence-corrected chi connectivity index (χ2v) is 7.21. The zero-order chi connectivity index (χ0) is 19.0. The summed E-state index contributed by atoms with van der Waals surface area (Å²) in [6, 6.07) is 5.01. The first kappa shape index (κ1) is 18.1. The first-order valence-electron chi connectivity index (χ1n) is 8.92. The van der Waals surface area contributed by atoms with Crippen molar-refractivity contribution >= 4 is 40.2 Å². The molecule has 3 N–H and O–H groups in total.